The quantitative estimate of drug-likeness (QED) is 0.781. The minimum absolute atomic E-state index is 0.0737. The fourth-order valence-electron chi connectivity index (χ4n) is 3.62. The van der Waals surface area contributed by atoms with Gasteiger partial charge in [0.1, 0.15) is 5.75 Å². The van der Waals surface area contributed by atoms with E-state index in [9.17, 15) is 14.7 Å². The summed E-state index contributed by atoms with van der Waals surface area (Å²) in [6.07, 6.45) is 3.43. The van der Waals surface area contributed by atoms with E-state index in [2.05, 4.69) is 10.3 Å². The Morgan fingerprint density at radius 2 is 2.18 bits per heavy atom. The number of anilines is 2. The van der Waals surface area contributed by atoms with Crippen molar-refractivity contribution < 1.29 is 19.4 Å². The fourth-order valence-corrected chi connectivity index (χ4v) is 3.62. The molecular formula is C21H21N3O4. The highest BCUT2D eigenvalue weighted by Gasteiger charge is 2.36. The molecule has 0 aromatic heterocycles. The number of aromatic hydroxyl groups is 1. The van der Waals surface area contributed by atoms with Crippen LogP contribution in [0.5, 0.6) is 5.75 Å². The molecule has 2 aliphatic rings. The number of methoxy groups -OCH3 is 1. The minimum Gasteiger partial charge on any atom is -0.508 e. The van der Waals surface area contributed by atoms with Crippen molar-refractivity contribution in [1.29, 1.82) is 0 Å². The molecule has 1 atom stereocenters. The van der Waals surface area contributed by atoms with Gasteiger partial charge in [-0.05, 0) is 36.2 Å². The Hall–Kier alpha value is -3.19. The maximum Gasteiger partial charge on any atom is 0.261 e. The predicted molar refractivity (Wildman–Crippen MR) is 107 cm³/mol. The number of benzene rings is 2. The molecule has 2 aromatic carbocycles. The van der Waals surface area contributed by atoms with Crippen LogP contribution in [0, 0.1) is 0 Å². The van der Waals surface area contributed by atoms with Crippen LogP contribution in [0.2, 0.25) is 0 Å². The number of carbonyl (C=O) groups excluding carboxylic acids is 2. The van der Waals surface area contributed by atoms with E-state index >= 15 is 0 Å². The normalized spacial score (nSPS) is 17.0. The zero-order chi connectivity index (χ0) is 19.7. The van der Waals surface area contributed by atoms with E-state index in [4.69, 9.17) is 4.74 Å². The van der Waals surface area contributed by atoms with Crippen LogP contribution < -0.4 is 10.2 Å². The van der Waals surface area contributed by atoms with Crippen molar-refractivity contribution >= 4 is 35.1 Å². The van der Waals surface area contributed by atoms with Crippen molar-refractivity contribution in [1.82, 2.24) is 0 Å². The summed E-state index contributed by atoms with van der Waals surface area (Å²) in [6.45, 7) is 0.538. The van der Waals surface area contributed by atoms with Crippen LogP contribution >= 0.6 is 0 Å². The lowest BCUT2D eigenvalue weighted by molar-refractivity contribution is -0.116. The third-order valence-electron chi connectivity index (χ3n) is 4.96. The first-order chi connectivity index (χ1) is 13.6. The number of phenols is 1. The summed E-state index contributed by atoms with van der Waals surface area (Å²) in [7, 11) is 1.61. The van der Waals surface area contributed by atoms with Crippen molar-refractivity contribution in [3.05, 3.63) is 47.5 Å². The Bertz CT molecular complexity index is 970. The maximum atomic E-state index is 13.2. The van der Waals surface area contributed by atoms with Crippen molar-refractivity contribution in [3.8, 4) is 5.75 Å². The second-order valence-corrected chi connectivity index (χ2v) is 6.91. The number of hydrogen-bond acceptors (Lipinski definition) is 5. The standard InChI is InChI=1S/C21H21N3O4/c1-28-8-2-3-20(26)23-14-5-4-13-9-15-12-22-18-11-16(25)6-7-17(18)21(27)24(15)19(13)10-14/h4-7,10-12,15,25H,2-3,8-9H2,1H3,(H,23,26)/t15-/m1/s1. The van der Waals surface area contributed by atoms with Gasteiger partial charge in [-0.3, -0.25) is 19.5 Å². The van der Waals surface area contributed by atoms with Crippen molar-refractivity contribution in [2.75, 3.05) is 23.9 Å². The molecular weight excluding hydrogens is 358 g/mol. The van der Waals surface area contributed by atoms with E-state index in [0.29, 0.717) is 42.8 Å². The summed E-state index contributed by atoms with van der Waals surface area (Å²) in [5.74, 6) is -0.180. The number of rotatable bonds is 5. The van der Waals surface area contributed by atoms with E-state index < -0.39 is 0 Å². The van der Waals surface area contributed by atoms with Gasteiger partial charge in [0.2, 0.25) is 5.91 Å². The molecule has 144 valence electrons. The van der Waals surface area contributed by atoms with Crippen LogP contribution in [0.1, 0.15) is 28.8 Å². The zero-order valence-corrected chi connectivity index (χ0v) is 15.5. The number of amides is 2. The van der Waals surface area contributed by atoms with Gasteiger partial charge in [0.05, 0.1) is 23.0 Å². The third-order valence-corrected chi connectivity index (χ3v) is 4.96. The largest absolute Gasteiger partial charge is 0.508 e. The molecule has 0 radical (unpaired) electrons. The van der Waals surface area contributed by atoms with E-state index in [-0.39, 0.29) is 23.6 Å². The van der Waals surface area contributed by atoms with Crippen molar-refractivity contribution in [2.24, 2.45) is 4.99 Å². The maximum absolute atomic E-state index is 13.2. The highest BCUT2D eigenvalue weighted by Crippen LogP contribution is 2.38. The lowest BCUT2D eigenvalue weighted by Gasteiger charge is -2.22. The Morgan fingerprint density at radius 3 is 3.00 bits per heavy atom. The van der Waals surface area contributed by atoms with Gasteiger partial charge in [-0.2, -0.15) is 0 Å². The van der Waals surface area contributed by atoms with E-state index in [1.54, 1.807) is 24.3 Å². The molecule has 0 saturated heterocycles. The van der Waals surface area contributed by atoms with Crippen molar-refractivity contribution in [2.45, 2.75) is 25.3 Å². The van der Waals surface area contributed by atoms with Gasteiger partial charge in [0.25, 0.3) is 5.91 Å². The highest BCUT2D eigenvalue weighted by molar-refractivity contribution is 6.14. The van der Waals surface area contributed by atoms with Crippen LogP contribution in [-0.2, 0) is 16.0 Å². The van der Waals surface area contributed by atoms with Crippen molar-refractivity contribution in [3.63, 3.8) is 0 Å². The molecule has 28 heavy (non-hydrogen) atoms. The van der Waals surface area contributed by atoms with Gasteiger partial charge in [0.15, 0.2) is 0 Å². The van der Waals surface area contributed by atoms with Crippen LogP contribution in [-0.4, -0.2) is 42.9 Å². The molecule has 2 heterocycles. The first-order valence-electron chi connectivity index (χ1n) is 9.19. The van der Waals surface area contributed by atoms with E-state index in [0.717, 1.165) is 11.3 Å². The van der Waals surface area contributed by atoms with E-state index in [1.165, 1.54) is 12.1 Å². The molecule has 0 fully saturated rings. The number of nitrogens with one attached hydrogen (secondary N) is 1. The second kappa shape index (κ2) is 7.44. The zero-order valence-electron chi connectivity index (χ0n) is 15.5. The summed E-state index contributed by atoms with van der Waals surface area (Å²) >= 11 is 0. The molecule has 0 unspecified atom stereocenters. The number of carbonyl (C=O) groups is 2. The first-order valence-corrected chi connectivity index (χ1v) is 9.19. The van der Waals surface area contributed by atoms with E-state index in [1.807, 2.05) is 18.2 Å². The molecule has 2 amide bonds. The molecule has 0 spiro atoms. The summed E-state index contributed by atoms with van der Waals surface area (Å²) in [5.41, 5.74) is 3.37. The number of phenolic OH excluding ortho intramolecular Hbond substituents is 1. The topological polar surface area (TPSA) is 91.2 Å². The number of ether oxygens (including phenoxy) is 1. The lowest BCUT2D eigenvalue weighted by atomic mass is 10.1. The molecule has 4 rings (SSSR count). The Balaban J connectivity index is 1.60. The SMILES string of the molecule is COCCCC(=O)Nc1ccc2c(c1)N1C(=O)c3ccc(O)cc3N=C[C@H]1C2. The Kier molecular flexibility index (Phi) is 4.83. The minimum atomic E-state index is -0.190. The average molecular weight is 379 g/mol. The number of fused-ring (bicyclic) bond motifs is 4. The number of aliphatic imine (C=N–C) groups is 1. The number of hydrogen-bond donors (Lipinski definition) is 2. The Labute approximate surface area is 162 Å². The molecule has 7 nitrogen and oxygen atoms in total. The molecule has 0 saturated carbocycles. The molecule has 2 aliphatic heterocycles. The van der Waals surface area contributed by atoms with Gasteiger partial charge in [-0.15, -0.1) is 0 Å². The Morgan fingerprint density at radius 1 is 1.32 bits per heavy atom. The second-order valence-electron chi connectivity index (χ2n) is 6.91. The molecule has 0 aliphatic carbocycles. The van der Waals surface area contributed by atoms with Gasteiger partial charge < -0.3 is 15.2 Å². The smallest absolute Gasteiger partial charge is 0.261 e. The van der Waals surface area contributed by atoms with Gasteiger partial charge in [-0.25, -0.2) is 0 Å². The summed E-state index contributed by atoms with van der Waals surface area (Å²) in [4.78, 5) is 31.4. The summed E-state index contributed by atoms with van der Waals surface area (Å²) < 4.78 is 4.97. The predicted octanol–water partition coefficient (Wildman–Crippen LogP) is 3.04. The molecule has 7 heteroatoms. The highest BCUT2D eigenvalue weighted by atomic mass is 16.5. The lowest BCUT2D eigenvalue weighted by Crippen LogP contribution is -2.37. The fraction of sp³-hybridized carbons (Fsp3) is 0.286. The first kappa shape index (κ1) is 18.2. The summed E-state index contributed by atoms with van der Waals surface area (Å²) in [6, 6.07) is 10.0. The van der Waals surface area contributed by atoms with Crippen LogP contribution in [0.3, 0.4) is 0 Å². The van der Waals surface area contributed by atoms with Gasteiger partial charge in [-0.1, -0.05) is 6.07 Å². The van der Waals surface area contributed by atoms with Crippen LogP contribution in [0.25, 0.3) is 0 Å². The molecule has 2 N–H and O–H groups in total. The van der Waals surface area contributed by atoms with Crippen LogP contribution in [0.4, 0.5) is 17.1 Å². The van der Waals surface area contributed by atoms with Gasteiger partial charge in [0, 0.05) is 44.5 Å². The summed E-state index contributed by atoms with van der Waals surface area (Å²) in [5, 5.41) is 12.6. The molecule has 2 aromatic rings. The van der Waals surface area contributed by atoms with Gasteiger partial charge >= 0.3 is 0 Å². The monoisotopic (exact) mass is 379 g/mol. The molecule has 0 bridgehead atoms. The number of nitrogens with zero attached hydrogens (tertiary/aromatic N) is 2. The van der Waals surface area contributed by atoms with Crippen LogP contribution in [0.15, 0.2) is 41.4 Å². The average Bonchev–Trinajstić information content (AvgIpc) is 2.97. The third kappa shape index (κ3) is 3.36.